The molecule has 0 saturated heterocycles. The third kappa shape index (κ3) is 3.38. The molecule has 0 amide bonds. The Morgan fingerprint density at radius 2 is 1.93 bits per heavy atom. The number of hydrazine groups is 1. The zero-order valence-electron chi connectivity index (χ0n) is 16.8. The van der Waals surface area contributed by atoms with Crippen LogP contribution in [0.25, 0.3) is 0 Å². The number of nitrogens with zero attached hydrogens (tertiary/aromatic N) is 2. The molecule has 0 aromatic heterocycles. The second-order valence-corrected chi connectivity index (χ2v) is 8.01. The lowest BCUT2D eigenvalue weighted by Gasteiger charge is -2.37. The Balaban J connectivity index is 1.40. The normalized spacial score (nSPS) is 17.2. The summed E-state index contributed by atoms with van der Waals surface area (Å²) in [5.41, 5.74) is 6.91. The van der Waals surface area contributed by atoms with Crippen molar-refractivity contribution in [3.05, 3.63) is 83.7 Å². The zero-order chi connectivity index (χ0) is 20.7. The third-order valence-electron chi connectivity index (χ3n) is 5.76. The van der Waals surface area contributed by atoms with E-state index in [0.29, 0.717) is 19.7 Å². The maximum atomic E-state index is 13.6. The molecule has 154 valence electrons. The highest BCUT2D eigenvalue weighted by Gasteiger charge is 2.31. The van der Waals surface area contributed by atoms with Crippen LogP contribution < -0.4 is 20.1 Å². The molecule has 0 fully saturated rings. The fraction of sp³-hybridized carbons (Fsp3) is 0.250. The van der Waals surface area contributed by atoms with Crippen LogP contribution in [0.15, 0.2) is 66.7 Å². The van der Waals surface area contributed by atoms with Gasteiger partial charge in [0.1, 0.15) is 23.8 Å². The summed E-state index contributed by atoms with van der Waals surface area (Å²) in [6, 6.07) is 20.4. The van der Waals surface area contributed by atoms with E-state index in [0.717, 1.165) is 40.5 Å². The number of aliphatic hydroxyl groups is 1. The van der Waals surface area contributed by atoms with Crippen LogP contribution in [0, 0.1) is 5.82 Å². The van der Waals surface area contributed by atoms with E-state index in [-0.39, 0.29) is 5.82 Å². The van der Waals surface area contributed by atoms with Crippen molar-refractivity contribution in [1.29, 1.82) is 0 Å². The Morgan fingerprint density at radius 3 is 2.80 bits per heavy atom. The number of nitrogens with one attached hydrogen (secondary N) is 1. The molecular formula is C24H24FN3O2. The molecule has 30 heavy (non-hydrogen) atoms. The SMILES string of the molecule is CC(O)(CN1CCOc2ccccc21)c1ccc2c(c1)CNN2c1cccc(F)c1. The van der Waals surface area contributed by atoms with Gasteiger partial charge in [0, 0.05) is 6.54 Å². The van der Waals surface area contributed by atoms with Gasteiger partial charge in [0.05, 0.1) is 30.2 Å². The first-order valence-corrected chi connectivity index (χ1v) is 10.1. The van der Waals surface area contributed by atoms with Crippen LogP contribution in [0.3, 0.4) is 0 Å². The number of rotatable bonds is 4. The summed E-state index contributed by atoms with van der Waals surface area (Å²) in [6.45, 7) is 4.26. The minimum absolute atomic E-state index is 0.270. The summed E-state index contributed by atoms with van der Waals surface area (Å²) < 4.78 is 19.4. The number of hydrogen-bond donors (Lipinski definition) is 2. The van der Waals surface area contributed by atoms with E-state index in [1.165, 1.54) is 12.1 Å². The summed E-state index contributed by atoms with van der Waals surface area (Å²) in [7, 11) is 0. The van der Waals surface area contributed by atoms with Crippen LogP contribution in [0.4, 0.5) is 21.5 Å². The molecule has 0 radical (unpaired) electrons. The Labute approximate surface area is 175 Å². The average molecular weight is 405 g/mol. The number of hydrogen-bond acceptors (Lipinski definition) is 5. The molecule has 0 saturated carbocycles. The van der Waals surface area contributed by atoms with Crippen molar-refractivity contribution in [2.75, 3.05) is 29.6 Å². The highest BCUT2D eigenvalue weighted by atomic mass is 19.1. The van der Waals surface area contributed by atoms with E-state index in [1.807, 2.05) is 60.5 Å². The molecular weight excluding hydrogens is 381 g/mol. The van der Waals surface area contributed by atoms with E-state index < -0.39 is 5.60 Å². The number of β-amino-alcohol motifs (C(OH)–C–C–N with tert-alkyl or cyclic N) is 1. The van der Waals surface area contributed by atoms with Crippen molar-refractivity contribution in [3.63, 3.8) is 0 Å². The quantitative estimate of drug-likeness (QED) is 0.685. The minimum atomic E-state index is -1.04. The van der Waals surface area contributed by atoms with Gasteiger partial charge in [0.2, 0.25) is 0 Å². The summed E-state index contributed by atoms with van der Waals surface area (Å²) in [6.07, 6.45) is 0. The molecule has 2 heterocycles. The molecule has 3 aromatic carbocycles. The molecule has 0 aliphatic carbocycles. The van der Waals surface area contributed by atoms with Crippen LogP contribution in [0.1, 0.15) is 18.1 Å². The van der Waals surface area contributed by atoms with Gasteiger partial charge < -0.3 is 14.7 Å². The summed E-state index contributed by atoms with van der Waals surface area (Å²) >= 11 is 0. The molecule has 2 aliphatic rings. The smallest absolute Gasteiger partial charge is 0.142 e. The topological polar surface area (TPSA) is 48.0 Å². The van der Waals surface area contributed by atoms with Gasteiger partial charge in [-0.25, -0.2) is 9.82 Å². The van der Waals surface area contributed by atoms with Crippen LogP contribution in [0.5, 0.6) is 5.75 Å². The second-order valence-electron chi connectivity index (χ2n) is 8.01. The molecule has 5 nitrogen and oxygen atoms in total. The number of ether oxygens (including phenoxy) is 1. The molecule has 0 bridgehead atoms. The summed E-state index contributed by atoms with van der Waals surface area (Å²) in [5, 5.41) is 13.2. The molecule has 2 aliphatic heterocycles. The van der Waals surface area contributed by atoms with Crippen molar-refractivity contribution in [2.45, 2.75) is 19.1 Å². The zero-order valence-corrected chi connectivity index (χ0v) is 16.8. The number of fused-ring (bicyclic) bond motifs is 2. The third-order valence-corrected chi connectivity index (χ3v) is 5.76. The van der Waals surface area contributed by atoms with Crippen molar-refractivity contribution >= 4 is 17.1 Å². The van der Waals surface area contributed by atoms with Gasteiger partial charge in [-0.05, 0) is 60.5 Å². The van der Waals surface area contributed by atoms with E-state index in [4.69, 9.17) is 4.74 Å². The largest absolute Gasteiger partial charge is 0.490 e. The van der Waals surface area contributed by atoms with E-state index in [1.54, 1.807) is 6.07 Å². The van der Waals surface area contributed by atoms with Crippen LogP contribution in [-0.4, -0.2) is 24.8 Å². The fourth-order valence-electron chi connectivity index (χ4n) is 4.23. The van der Waals surface area contributed by atoms with Gasteiger partial charge in [-0.15, -0.1) is 0 Å². The first-order chi connectivity index (χ1) is 14.5. The van der Waals surface area contributed by atoms with Crippen molar-refractivity contribution in [3.8, 4) is 5.75 Å². The molecule has 1 unspecified atom stereocenters. The lowest BCUT2D eigenvalue weighted by molar-refractivity contribution is 0.0628. The van der Waals surface area contributed by atoms with Gasteiger partial charge in [0.15, 0.2) is 0 Å². The van der Waals surface area contributed by atoms with Crippen LogP contribution in [-0.2, 0) is 12.1 Å². The first kappa shape index (κ1) is 18.9. The number of benzene rings is 3. The molecule has 0 spiro atoms. The Morgan fingerprint density at radius 1 is 1.07 bits per heavy atom. The van der Waals surface area contributed by atoms with Crippen molar-refractivity contribution < 1.29 is 14.2 Å². The molecule has 3 aromatic rings. The number of para-hydroxylation sites is 2. The number of halogens is 1. The first-order valence-electron chi connectivity index (χ1n) is 10.1. The monoisotopic (exact) mass is 405 g/mol. The van der Waals surface area contributed by atoms with Crippen molar-refractivity contribution in [1.82, 2.24) is 5.43 Å². The highest BCUT2D eigenvalue weighted by Crippen LogP contribution is 2.37. The Bertz CT molecular complexity index is 1090. The summed E-state index contributed by atoms with van der Waals surface area (Å²) in [4.78, 5) is 2.17. The van der Waals surface area contributed by atoms with Crippen LogP contribution >= 0.6 is 0 Å². The predicted molar refractivity (Wildman–Crippen MR) is 116 cm³/mol. The molecule has 5 rings (SSSR count). The van der Waals surface area contributed by atoms with Gasteiger partial charge >= 0.3 is 0 Å². The molecule has 1 atom stereocenters. The molecule has 6 heteroatoms. The van der Waals surface area contributed by atoms with Gasteiger partial charge in [0.25, 0.3) is 0 Å². The van der Waals surface area contributed by atoms with Gasteiger partial charge in [-0.2, -0.15) is 0 Å². The Hall–Kier alpha value is -3.09. The lowest BCUT2D eigenvalue weighted by Crippen LogP contribution is -2.43. The second kappa shape index (κ2) is 7.31. The van der Waals surface area contributed by atoms with Crippen molar-refractivity contribution in [2.24, 2.45) is 0 Å². The fourth-order valence-corrected chi connectivity index (χ4v) is 4.23. The summed E-state index contributed by atoms with van der Waals surface area (Å²) in [5.74, 6) is 0.580. The van der Waals surface area contributed by atoms with E-state index >= 15 is 0 Å². The van der Waals surface area contributed by atoms with Crippen LogP contribution in [0.2, 0.25) is 0 Å². The standard InChI is InChI=1S/C24H24FN3O2/c1-24(29,16-27-11-12-30-23-8-3-2-7-22(23)27)18-9-10-21-17(13-18)15-26-28(21)20-6-4-5-19(25)14-20/h2-10,13-14,26,29H,11-12,15-16H2,1H3. The number of anilines is 3. The maximum Gasteiger partial charge on any atom is 0.142 e. The van der Waals surface area contributed by atoms with Gasteiger partial charge in [-0.3, -0.25) is 5.01 Å². The Kier molecular flexibility index (Phi) is 4.60. The highest BCUT2D eigenvalue weighted by molar-refractivity contribution is 5.69. The van der Waals surface area contributed by atoms with E-state index in [2.05, 4.69) is 10.3 Å². The lowest BCUT2D eigenvalue weighted by atomic mass is 9.92. The minimum Gasteiger partial charge on any atom is -0.490 e. The average Bonchev–Trinajstić information content (AvgIpc) is 3.17. The maximum absolute atomic E-state index is 13.6. The predicted octanol–water partition coefficient (Wildman–Crippen LogP) is 4.09. The van der Waals surface area contributed by atoms with Gasteiger partial charge in [-0.1, -0.05) is 24.3 Å². The van der Waals surface area contributed by atoms with E-state index in [9.17, 15) is 9.50 Å². The molecule has 2 N–H and O–H groups in total.